The molecule has 0 aromatic carbocycles. The molecule has 0 aliphatic rings. The second-order valence-corrected chi connectivity index (χ2v) is 3.35. The van der Waals surface area contributed by atoms with Gasteiger partial charge in [-0.2, -0.15) is 0 Å². The van der Waals surface area contributed by atoms with E-state index in [1.54, 1.807) is 0 Å². The van der Waals surface area contributed by atoms with Crippen molar-refractivity contribution in [1.82, 2.24) is 10.2 Å². The van der Waals surface area contributed by atoms with Gasteiger partial charge in [-0.25, -0.2) is 0 Å². The minimum atomic E-state index is 0.229. The molecular weight excluding hydrogens is 148 g/mol. The Kier molecular flexibility index (Phi) is 5.79. The van der Waals surface area contributed by atoms with Crippen molar-refractivity contribution >= 4 is 0 Å². The summed E-state index contributed by atoms with van der Waals surface area (Å²) in [5, 5.41) is 3.32. The third-order valence-electron chi connectivity index (χ3n) is 2.15. The summed E-state index contributed by atoms with van der Waals surface area (Å²) in [7, 11) is 4.15. The van der Waals surface area contributed by atoms with Crippen LogP contribution >= 0.6 is 0 Å². The summed E-state index contributed by atoms with van der Waals surface area (Å²) >= 11 is 0. The molecule has 0 saturated heterocycles. The maximum absolute atomic E-state index is 5.32. The zero-order valence-electron chi connectivity index (χ0n) is 8.59. The van der Waals surface area contributed by atoms with Crippen LogP contribution < -0.4 is 5.32 Å². The molecule has 0 aliphatic carbocycles. The molecule has 0 amide bonds. The number of terminal acetylenes is 1. The van der Waals surface area contributed by atoms with Gasteiger partial charge in [-0.15, -0.1) is 6.42 Å². The maximum atomic E-state index is 5.32. The Morgan fingerprint density at radius 3 is 2.42 bits per heavy atom. The van der Waals surface area contributed by atoms with E-state index in [2.05, 4.69) is 44.1 Å². The molecule has 70 valence electrons. The Morgan fingerprint density at radius 2 is 2.08 bits per heavy atom. The lowest BCUT2D eigenvalue weighted by Crippen LogP contribution is -2.39. The summed E-state index contributed by atoms with van der Waals surface area (Å²) in [5.74, 6) is 2.72. The van der Waals surface area contributed by atoms with Gasteiger partial charge in [0.25, 0.3) is 0 Å². The fraction of sp³-hybridized carbons (Fsp3) is 0.800. The number of hydrogen-bond acceptors (Lipinski definition) is 2. The van der Waals surface area contributed by atoms with Gasteiger partial charge in [0.15, 0.2) is 0 Å². The highest BCUT2D eigenvalue weighted by atomic mass is 15.1. The molecule has 0 fully saturated rings. The van der Waals surface area contributed by atoms with E-state index >= 15 is 0 Å². The summed E-state index contributed by atoms with van der Waals surface area (Å²) < 4.78 is 0. The molecule has 0 rings (SSSR count). The van der Waals surface area contributed by atoms with Crippen LogP contribution in [0.5, 0.6) is 0 Å². The molecule has 2 nitrogen and oxygen atoms in total. The lowest BCUT2D eigenvalue weighted by Gasteiger charge is -2.21. The van der Waals surface area contributed by atoms with Crippen molar-refractivity contribution in [3.05, 3.63) is 0 Å². The van der Waals surface area contributed by atoms with E-state index in [1.165, 1.54) is 0 Å². The first kappa shape index (κ1) is 11.5. The highest BCUT2D eigenvalue weighted by Crippen LogP contribution is 1.92. The molecule has 0 aromatic heterocycles. The average molecular weight is 168 g/mol. The van der Waals surface area contributed by atoms with Crippen LogP contribution in [-0.4, -0.2) is 37.6 Å². The Balaban J connectivity index is 3.60. The first-order valence-electron chi connectivity index (χ1n) is 4.47. The van der Waals surface area contributed by atoms with Crippen LogP contribution in [0.2, 0.25) is 0 Å². The van der Waals surface area contributed by atoms with E-state index in [-0.39, 0.29) is 6.04 Å². The molecule has 2 unspecified atom stereocenters. The standard InChI is InChI=1S/C10H20N2/c1-6-10(7-2)11-8-9(3)12(4)5/h1,9-11H,7-8H2,2-5H3. The molecule has 0 saturated carbocycles. The summed E-state index contributed by atoms with van der Waals surface area (Å²) in [6.07, 6.45) is 6.32. The van der Waals surface area contributed by atoms with Crippen molar-refractivity contribution in [3.63, 3.8) is 0 Å². The lowest BCUT2D eigenvalue weighted by atomic mass is 10.2. The van der Waals surface area contributed by atoms with Crippen molar-refractivity contribution < 1.29 is 0 Å². The quantitative estimate of drug-likeness (QED) is 0.615. The average Bonchev–Trinajstić information content (AvgIpc) is 2.05. The van der Waals surface area contributed by atoms with Crippen LogP contribution in [0.25, 0.3) is 0 Å². The molecule has 12 heavy (non-hydrogen) atoms. The largest absolute Gasteiger partial charge is 0.305 e. The van der Waals surface area contributed by atoms with E-state index in [0.29, 0.717) is 6.04 Å². The van der Waals surface area contributed by atoms with E-state index in [9.17, 15) is 0 Å². The minimum absolute atomic E-state index is 0.229. The third kappa shape index (κ3) is 4.38. The third-order valence-corrected chi connectivity index (χ3v) is 2.15. The first-order valence-corrected chi connectivity index (χ1v) is 4.47. The summed E-state index contributed by atoms with van der Waals surface area (Å²) in [4.78, 5) is 2.18. The Bertz CT molecular complexity index is 146. The second-order valence-electron chi connectivity index (χ2n) is 3.35. The minimum Gasteiger partial charge on any atom is -0.305 e. The Hall–Kier alpha value is -0.520. The summed E-state index contributed by atoms with van der Waals surface area (Å²) in [6.45, 7) is 5.23. The van der Waals surface area contributed by atoms with E-state index in [4.69, 9.17) is 6.42 Å². The van der Waals surface area contributed by atoms with Gasteiger partial charge in [0.05, 0.1) is 6.04 Å². The van der Waals surface area contributed by atoms with Crippen LogP contribution in [0, 0.1) is 12.3 Å². The highest BCUT2D eigenvalue weighted by Gasteiger charge is 2.06. The van der Waals surface area contributed by atoms with Gasteiger partial charge < -0.3 is 10.2 Å². The predicted molar refractivity (Wildman–Crippen MR) is 54.1 cm³/mol. The van der Waals surface area contributed by atoms with Crippen molar-refractivity contribution in [3.8, 4) is 12.3 Å². The number of nitrogens with zero attached hydrogens (tertiary/aromatic N) is 1. The molecule has 0 heterocycles. The van der Waals surface area contributed by atoms with Crippen molar-refractivity contribution in [2.45, 2.75) is 32.4 Å². The SMILES string of the molecule is C#CC(CC)NCC(C)N(C)C. The van der Waals surface area contributed by atoms with Gasteiger partial charge in [0.2, 0.25) is 0 Å². The normalized spacial score (nSPS) is 15.7. The van der Waals surface area contributed by atoms with E-state index in [1.807, 2.05) is 0 Å². The Morgan fingerprint density at radius 1 is 1.50 bits per heavy atom. The lowest BCUT2D eigenvalue weighted by molar-refractivity contribution is 0.298. The maximum Gasteiger partial charge on any atom is 0.0684 e. The number of likely N-dealkylation sites (N-methyl/N-ethyl adjacent to an activating group) is 1. The zero-order chi connectivity index (χ0) is 9.56. The Labute approximate surface area is 76.3 Å². The molecular formula is C10H20N2. The van der Waals surface area contributed by atoms with Crippen molar-refractivity contribution in [2.24, 2.45) is 0 Å². The summed E-state index contributed by atoms with van der Waals surface area (Å²) in [5.41, 5.74) is 0. The monoisotopic (exact) mass is 168 g/mol. The molecule has 0 radical (unpaired) electrons. The molecule has 0 spiro atoms. The van der Waals surface area contributed by atoms with E-state index < -0.39 is 0 Å². The number of hydrogen-bond donors (Lipinski definition) is 1. The molecule has 2 atom stereocenters. The summed E-state index contributed by atoms with van der Waals surface area (Å²) in [6, 6.07) is 0.764. The molecule has 1 N–H and O–H groups in total. The molecule has 0 aromatic rings. The van der Waals surface area contributed by atoms with Gasteiger partial charge in [-0.3, -0.25) is 0 Å². The van der Waals surface area contributed by atoms with Crippen LogP contribution in [0.3, 0.4) is 0 Å². The van der Waals surface area contributed by atoms with Gasteiger partial charge in [0.1, 0.15) is 0 Å². The predicted octanol–water partition coefficient (Wildman–Crippen LogP) is 0.938. The fourth-order valence-electron chi connectivity index (χ4n) is 0.817. The zero-order valence-corrected chi connectivity index (χ0v) is 8.59. The van der Waals surface area contributed by atoms with Crippen LogP contribution in [0.1, 0.15) is 20.3 Å². The highest BCUT2D eigenvalue weighted by molar-refractivity contribution is 4.98. The molecule has 2 heteroatoms. The topological polar surface area (TPSA) is 15.3 Å². The van der Waals surface area contributed by atoms with Gasteiger partial charge >= 0.3 is 0 Å². The van der Waals surface area contributed by atoms with Gasteiger partial charge in [-0.1, -0.05) is 12.8 Å². The van der Waals surface area contributed by atoms with Gasteiger partial charge in [-0.05, 0) is 27.4 Å². The van der Waals surface area contributed by atoms with Gasteiger partial charge in [0, 0.05) is 12.6 Å². The number of nitrogens with one attached hydrogen (secondary N) is 1. The van der Waals surface area contributed by atoms with Crippen LogP contribution in [0.15, 0.2) is 0 Å². The fourth-order valence-corrected chi connectivity index (χ4v) is 0.817. The molecule has 0 aliphatic heterocycles. The van der Waals surface area contributed by atoms with Crippen molar-refractivity contribution in [2.75, 3.05) is 20.6 Å². The van der Waals surface area contributed by atoms with Crippen molar-refractivity contribution in [1.29, 1.82) is 0 Å². The smallest absolute Gasteiger partial charge is 0.0684 e. The number of rotatable bonds is 5. The van der Waals surface area contributed by atoms with E-state index in [0.717, 1.165) is 13.0 Å². The van der Waals surface area contributed by atoms with Crippen LogP contribution in [-0.2, 0) is 0 Å². The van der Waals surface area contributed by atoms with Crippen LogP contribution in [0.4, 0.5) is 0 Å². The second kappa shape index (κ2) is 6.05. The molecule has 0 bridgehead atoms. The first-order chi connectivity index (χ1) is 5.61.